The zero-order valence-electron chi connectivity index (χ0n) is 11.7. The van der Waals surface area contributed by atoms with Crippen molar-refractivity contribution in [1.29, 1.82) is 0 Å². The second-order valence-corrected chi connectivity index (χ2v) is 5.29. The summed E-state index contributed by atoms with van der Waals surface area (Å²) in [6, 6.07) is 8.39. The SMILES string of the molecule is CCN.C[n+]1c(/C=C2\C=CC=CO2)sc2ccccc21. The van der Waals surface area contributed by atoms with Crippen molar-refractivity contribution >= 4 is 27.6 Å². The molecule has 1 aliphatic heterocycles. The van der Waals surface area contributed by atoms with Gasteiger partial charge in [-0.2, -0.15) is 4.57 Å². The number of rotatable bonds is 1. The third-order valence-electron chi connectivity index (χ3n) is 2.69. The van der Waals surface area contributed by atoms with E-state index in [0.29, 0.717) is 0 Å². The van der Waals surface area contributed by atoms with Gasteiger partial charge in [-0.25, -0.2) is 0 Å². The molecule has 0 saturated heterocycles. The first-order valence-corrected chi connectivity index (χ1v) is 7.37. The fraction of sp³-hybridized carbons (Fsp3) is 0.188. The van der Waals surface area contributed by atoms with E-state index in [4.69, 9.17) is 10.5 Å². The molecule has 104 valence electrons. The number of hydrogen-bond donors (Lipinski definition) is 1. The van der Waals surface area contributed by atoms with Crippen molar-refractivity contribution < 1.29 is 9.30 Å². The molecule has 0 unspecified atom stereocenters. The molecule has 3 rings (SSSR count). The number of benzene rings is 1. The number of fused-ring (bicyclic) bond motifs is 1. The first kappa shape index (κ1) is 14.5. The van der Waals surface area contributed by atoms with Crippen LogP contribution in [0.3, 0.4) is 0 Å². The summed E-state index contributed by atoms with van der Waals surface area (Å²) in [7, 11) is 2.08. The molecule has 3 nitrogen and oxygen atoms in total. The molecule has 1 aromatic heterocycles. The Balaban J connectivity index is 0.000000452. The van der Waals surface area contributed by atoms with Gasteiger partial charge in [-0.3, -0.25) is 0 Å². The number of allylic oxidation sites excluding steroid dienone is 3. The van der Waals surface area contributed by atoms with Crippen LogP contribution in [-0.2, 0) is 11.8 Å². The summed E-state index contributed by atoms with van der Waals surface area (Å²) in [6.07, 6.45) is 9.57. The zero-order chi connectivity index (χ0) is 14.4. The molecule has 20 heavy (non-hydrogen) atoms. The summed E-state index contributed by atoms with van der Waals surface area (Å²) >= 11 is 1.77. The maximum absolute atomic E-state index is 5.42. The number of aromatic nitrogens is 1. The first-order chi connectivity index (χ1) is 9.76. The van der Waals surface area contributed by atoms with E-state index in [9.17, 15) is 0 Å². The van der Waals surface area contributed by atoms with Gasteiger partial charge in [-0.05, 0) is 24.8 Å². The van der Waals surface area contributed by atoms with E-state index < -0.39 is 0 Å². The third kappa shape index (κ3) is 3.35. The van der Waals surface area contributed by atoms with Gasteiger partial charge in [0, 0.05) is 6.07 Å². The summed E-state index contributed by atoms with van der Waals surface area (Å²) < 4.78 is 8.89. The highest BCUT2D eigenvalue weighted by atomic mass is 32.1. The predicted molar refractivity (Wildman–Crippen MR) is 85.1 cm³/mol. The predicted octanol–water partition coefficient (Wildman–Crippen LogP) is 3.13. The van der Waals surface area contributed by atoms with Crippen LogP contribution in [-0.4, -0.2) is 6.54 Å². The molecule has 4 heteroatoms. The molecule has 0 fully saturated rings. The average Bonchev–Trinajstić information content (AvgIpc) is 2.78. The van der Waals surface area contributed by atoms with Crippen molar-refractivity contribution in [2.45, 2.75) is 6.92 Å². The zero-order valence-corrected chi connectivity index (χ0v) is 12.6. The molecule has 1 aliphatic rings. The van der Waals surface area contributed by atoms with E-state index in [1.807, 2.05) is 25.2 Å². The Morgan fingerprint density at radius 3 is 2.70 bits per heavy atom. The van der Waals surface area contributed by atoms with Crippen molar-refractivity contribution in [3.8, 4) is 0 Å². The summed E-state index contributed by atoms with van der Waals surface area (Å²) in [4.78, 5) is 0. The van der Waals surface area contributed by atoms with Crippen LogP contribution in [0.5, 0.6) is 0 Å². The third-order valence-corrected chi connectivity index (χ3v) is 3.86. The molecule has 0 amide bonds. The molecule has 2 heterocycles. The monoisotopic (exact) mass is 287 g/mol. The van der Waals surface area contributed by atoms with Crippen molar-refractivity contribution in [2.24, 2.45) is 12.8 Å². The van der Waals surface area contributed by atoms with E-state index in [-0.39, 0.29) is 0 Å². The Hall–Kier alpha value is -1.91. The summed E-state index contributed by atoms with van der Waals surface area (Å²) in [5.41, 5.74) is 6.10. The molecule has 2 N–H and O–H groups in total. The van der Waals surface area contributed by atoms with Gasteiger partial charge in [-0.15, -0.1) is 0 Å². The van der Waals surface area contributed by atoms with Gasteiger partial charge in [0.2, 0.25) is 5.52 Å². The van der Waals surface area contributed by atoms with Crippen LogP contribution in [0.1, 0.15) is 11.9 Å². The highest BCUT2D eigenvalue weighted by molar-refractivity contribution is 7.18. The standard InChI is InChI=1S/C14H12NOS.C2H7N/c1-15-12-7-2-3-8-13(12)17-14(15)10-11-6-4-5-9-16-11;1-2-3/h2-10H,1H3;2-3H2,1H3/q+1;/b11-10+;. The van der Waals surface area contributed by atoms with E-state index in [2.05, 4.69) is 42.0 Å². The molecule has 0 bridgehead atoms. The molecule has 0 saturated carbocycles. The number of thiazole rings is 1. The number of hydrogen-bond acceptors (Lipinski definition) is 3. The Morgan fingerprint density at radius 2 is 2.05 bits per heavy atom. The highest BCUT2D eigenvalue weighted by Crippen LogP contribution is 2.22. The van der Waals surface area contributed by atoms with E-state index in [1.54, 1.807) is 17.6 Å². The van der Waals surface area contributed by atoms with Crippen molar-refractivity contribution in [3.05, 3.63) is 59.5 Å². The van der Waals surface area contributed by atoms with Crippen LogP contribution in [0, 0.1) is 0 Å². The number of nitrogens with two attached hydrogens (primary N) is 1. The normalized spacial score (nSPS) is 15.1. The lowest BCUT2D eigenvalue weighted by Crippen LogP contribution is -2.28. The topological polar surface area (TPSA) is 39.1 Å². The van der Waals surface area contributed by atoms with E-state index in [0.717, 1.165) is 12.3 Å². The Morgan fingerprint density at radius 1 is 1.30 bits per heavy atom. The minimum atomic E-state index is 0.750. The van der Waals surface area contributed by atoms with E-state index >= 15 is 0 Å². The van der Waals surface area contributed by atoms with Gasteiger partial charge in [0.15, 0.2) is 0 Å². The number of ether oxygens (including phenoxy) is 1. The van der Waals surface area contributed by atoms with Crippen LogP contribution in [0.15, 0.2) is 54.5 Å². The molecule has 1 aromatic carbocycles. The lowest BCUT2D eigenvalue weighted by atomic mass is 10.3. The van der Waals surface area contributed by atoms with Gasteiger partial charge >= 0.3 is 0 Å². The minimum Gasteiger partial charge on any atom is -0.465 e. The van der Waals surface area contributed by atoms with Crippen LogP contribution in [0.4, 0.5) is 0 Å². The maximum Gasteiger partial charge on any atom is 0.266 e. The van der Waals surface area contributed by atoms with Crippen molar-refractivity contribution in [2.75, 3.05) is 6.54 Å². The Kier molecular flexibility index (Phi) is 5.09. The largest absolute Gasteiger partial charge is 0.465 e. The van der Waals surface area contributed by atoms with Crippen LogP contribution < -0.4 is 10.3 Å². The fourth-order valence-electron chi connectivity index (χ4n) is 1.80. The van der Waals surface area contributed by atoms with E-state index in [1.165, 1.54) is 15.2 Å². The molecule has 2 aromatic rings. The van der Waals surface area contributed by atoms with Crippen molar-refractivity contribution in [1.82, 2.24) is 0 Å². The maximum atomic E-state index is 5.42. The second kappa shape index (κ2) is 7.03. The summed E-state index contributed by atoms with van der Waals surface area (Å²) in [5.74, 6) is 0.870. The van der Waals surface area contributed by atoms with Gasteiger partial charge in [0.05, 0.1) is 12.3 Å². The van der Waals surface area contributed by atoms with Gasteiger partial charge in [0.1, 0.15) is 17.5 Å². The molecule has 0 radical (unpaired) electrons. The average molecular weight is 287 g/mol. The molecule has 0 aliphatic carbocycles. The van der Waals surface area contributed by atoms with Crippen molar-refractivity contribution in [3.63, 3.8) is 0 Å². The molecular formula is C16H19N2OS+. The van der Waals surface area contributed by atoms with Gasteiger partial charge in [-0.1, -0.05) is 36.5 Å². The molecular weight excluding hydrogens is 268 g/mol. The number of para-hydroxylation sites is 1. The lowest BCUT2D eigenvalue weighted by molar-refractivity contribution is -0.642. The number of nitrogens with zero attached hydrogens (tertiary/aromatic N) is 1. The molecule has 0 spiro atoms. The smallest absolute Gasteiger partial charge is 0.266 e. The minimum absolute atomic E-state index is 0.750. The summed E-state index contributed by atoms with van der Waals surface area (Å²) in [6.45, 7) is 2.65. The van der Waals surface area contributed by atoms with Crippen LogP contribution >= 0.6 is 11.3 Å². The number of aryl methyl sites for hydroxylation is 1. The quantitative estimate of drug-likeness (QED) is 0.818. The van der Waals surface area contributed by atoms with Gasteiger partial charge in [0.25, 0.3) is 5.01 Å². The Labute approximate surface area is 123 Å². The Bertz CT molecular complexity index is 668. The van der Waals surface area contributed by atoms with Crippen LogP contribution in [0.2, 0.25) is 0 Å². The molecule has 0 atom stereocenters. The second-order valence-electron chi connectivity index (χ2n) is 4.23. The first-order valence-electron chi connectivity index (χ1n) is 6.55. The highest BCUT2D eigenvalue weighted by Gasteiger charge is 2.14. The van der Waals surface area contributed by atoms with Crippen LogP contribution in [0.25, 0.3) is 16.3 Å². The summed E-state index contributed by atoms with van der Waals surface area (Å²) in [5, 5.41) is 1.18. The van der Waals surface area contributed by atoms with Gasteiger partial charge < -0.3 is 10.5 Å². The fourth-order valence-corrected chi connectivity index (χ4v) is 2.90. The lowest BCUT2D eigenvalue weighted by Gasteiger charge is -2.01.